The summed E-state index contributed by atoms with van der Waals surface area (Å²) < 4.78 is 5.50. The number of rotatable bonds is 4. The fourth-order valence-corrected chi connectivity index (χ4v) is 3.31. The summed E-state index contributed by atoms with van der Waals surface area (Å²) in [5.74, 6) is 1.03. The van der Waals surface area contributed by atoms with Crippen molar-refractivity contribution in [2.24, 2.45) is 0 Å². The first kappa shape index (κ1) is 17.2. The SMILES string of the molecule is Cc1ccc(-c2noc([C@@H]3CCCN3C(=O)/C=C/c3ccccc3)n2)cc1. The second-order valence-corrected chi connectivity index (χ2v) is 6.76. The van der Waals surface area contributed by atoms with Crippen LogP contribution in [-0.2, 0) is 4.79 Å². The van der Waals surface area contributed by atoms with E-state index in [0.717, 1.165) is 24.0 Å². The molecule has 0 spiro atoms. The van der Waals surface area contributed by atoms with Crippen molar-refractivity contribution in [3.63, 3.8) is 0 Å². The van der Waals surface area contributed by atoms with E-state index in [1.807, 2.05) is 72.5 Å². The molecule has 136 valence electrons. The van der Waals surface area contributed by atoms with E-state index in [-0.39, 0.29) is 11.9 Å². The van der Waals surface area contributed by atoms with Gasteiger partial charge in [0.25, 0.3) is 0 Å². The molecule has 1 saturated heterocycles. The first-order chi connectivity index (χ1) is 13.2. The molecule has 0 bridgehead atoms. The third kappa shape index (κ3) is 3.82. The van der Waals surface area contributed by atoms with Gasteiger partial charge in [-0.3, -0.25) is 4.79 Å². The Balaban J connectivity index is 1.50. The maximum Gasteiger partial charge on any atom is 0.249 e. The first-order valence-electron chi connectivity index (χ1n) is 9.15. The van der Waals surface area contributed by atoms with Crippen LogP contribution < -0.4 is 0 Å². The number of likely N-dealkylation sites (tertiary alicyclic amines) is 1. The zero-order chi connectivity index (χ0) is 18.6. The number of aromatic nitrogens is 2. The Morgan fingerprint density at radius 2 is 1.93 bits per heavy atom. The van der Waals surface area contributed by atoms with Gasteiger partial charge in [-0.05, 0) is 31.4 Å². The van der Waals surface area contributed by atoms with Crippen molar-refractivity contribution >= 4 is 12.0 Å². The Hall–Kier alpha value is -3.21. The second kappa shape index (κ2) is 7.58. The van der Waals surface area contributed by atoms with Gasteiger partial charge in [0.15, 0.2) is 0 Å². The summed E-state index contributed by atoms with van der Waals surface area (Å²) in [4.78, 5) is 19.0. The van der Waals surface area contributed by atoms with E-state index in [4.69, 9.17) is 4.52 Å². The predicted octanol–water partition coefficient (Wildman–Crippen LogP) is 4.42. The molecule has 5 heteroatoms. The summed E-state index contributed by atoms with van der Waals surface area (Å²) in [7, 11) is 0. The highest BCUT2D eigenvalue weighted by Gasteiger charge is 2.33. The normalized spacial score (nSPS) is 16.9. The molecule has 27 heavy (non-hydrogen) atoms. The molecule has 0 aliphatic carbocycles. The third-order valence-corrected chi connectivity index (χ3v) is 4.79. The van der Waals surface area contributed by atoms with Crippen molar-refractivity contribution in [1.29, 1.82) is 0 Å². The zero-order valence-corrected chi connectivity index (χ0v) is 15.2. The quantitative estimate of drug-likeness (QED) is 0.647. The molecule has 1 aromatic heterocycles. The number of carbonyl (C=O) groups excluding carboxylic acids is 1. The number of hydrogen-bond donors (Lipinski definition) is 0. The molecule has 1 aliphatic rings. The van der Waals surface area contributed by atoms with Gasteiger partial charge in [-0.2, -0.15) is 4.98 Å². The highest BCUT2D eigenvalue weighted by Crippen LogP contribution is 2.32. The van der Waals surface area contributed by atoms with Crippen LogP contribution in [0.2, 0.25) is 0 Å². The largest absolute Gasteiger partial charge is 0.337 e. The molecular formula is C22H21N3O2. The Labute approximate surface area is 158 Å². The summed E-state index contributed by atoms with van der Waals surface area (Å²) in [6.07, 6.45) is 5.21. The van der Waals surface area contributed by atoms with E-state index in [2.05, 4.69) is 10.1 Å². The minimum atomic E-state index is -0.162. The van der Waals surface area contributed by atoms with Crippen LogP contribution in [0.4, 0.5) is 0 Å². The molecule has 2 aromatic carbocycles. The van der Waals surface area contributed by atoms with Crippen LogP contribution in [0.5, 0.6) is 0 Å². The molecule has 4 rings (SSSR count). The molecule has 1 fully saturated rings. The van der Waals surface area contributed by atoms with Crippen LogP contribution in [-0.4, -0.2) is 27.5 Å². The monoisotopic (exact) mass is 359 g/mol. The van der Waals surface area contributed by atoms with Crippen molar-refractivity contribution in [1.82, 2.24) is 15.0 Å². The summed E-state index contributed by atoms with van der Waals surface area (Å²) in [6, 6.07) is 17.6. The van der Waals surface area contributed by atoms with Crippen LogP contribution in [0.1, 0.15) is 35.9 Å². The van der Waals surface area contributed by atoms with Gasteiger partial charge in [-0.15, -0.1) is 0 Å². The van der Waals surface area contributed by atoms with Crippen LogP contribution in [0.15, 0.2) is 65.2 Å². The molecule has 0 N–H and O–H groups in total. The Morgan fingerprint density at radius 3 is 2.70 bits per heavy atom. The van der Waals surface area contributed by atoms with Crippen LogP contribution in [0.25, 0.3) is 17.5 Å². The van der Waals surface area contributed by atoms with Crippen molar-refractivity contribution in [2.75, 3.05) is 6.54 Å². The number of benzene rings is 2. The highest BCUT2D eigenvalue weighted by atomic mass is 16.5. The van der Waals surface area contributed by atoms with Crippen LogP contribution >= 0.6 is 0 Å². The van der Waals surface area contributed by atoms with Crippen LogP contribution in [0.3, 0.4) is 0 Å². The molecule has 5 nitrogen and oxygen atoms in total. The number of nitrogens with zero attached hydrogens (tertiary/aromatic N) is 3. The smallest absolute Gasteiger partial charge is 0.249 e. The Bertz CT molecular complexity index is 945. The van der Waals surface area contributed by atoms with Gasteiger partial charge in [0.1, 0.15) is 6.04 Å². The van der Waals surface area contributed by atoms with Gasteiger partial charge in [-0.25, -0.2) is 0 Å². The average Bonchev–Trinajstić information content (AvgIpc) is 3.37. The summed E-state index contributed by atoms with van der Waals surface area (Å²) in [6.45, 7) is 2.74. The summed E-state index contributed by atoms with van der Waals surface area (Å²) in [5, 5.41) is 4.11. The maximum absolute atomic E-state index is 12.7. The number of amides is 1. The minimum absolute atomic E-state index is 0.0311. The lowest BCUT2D eigenvalue weighted by molar-refractivity contribution is -0.127. The fraction of sp³-hybridized carbons (Fsp3) is 0.227. The van der Waals surface area contributed by atoms with Crippen molar-refractivity contribution in [3.05, 3.63) is 77.7 Å². The first-order valence-corrected chi connectivity index (χ1v) is 9.15. The number of aryl methyl sites for hydroxylation is 1. The Morgan fingerprint density at radius 1 is 1.15 bits per heavy atom. The Kier molecular flexibility index (Phi) is 4.83. The zero-order valence-electron chi connectivity index (χ0n) is 15.2. The molecule has 1 amide bonds. The van der Waals surface area contributed by atoms with Crippen molar-refractivity contribution in [3.8, 4) is 11.4 Å². The topological polar surface area (TPSA) is 59.2 Å². The fourth-order valence-electron chi connectivity index (χ4n) is 3.31. The molecule has 0 unspecified atom stereocenters. The van der Waals surface area contributed by atoms with E-state index in [1.165, 1.54) is 5.56 Å². The molecule has 0 saturated carbocycles. The maximum atomic E-state index is 12.7. The lowest BCUT2D eigenvalue weighted by Crippen LogP contribution is -2.29. The molecular weight excluding hydrogens is 338 g/mol. The van der Waals surface area contributed by atoms with Gasteiger partial charge in [0, 0.05) is 18.2 Å². The predicted molar refractivity (Wildman–Crippen MR) is 104 cm³/mol. The standard InChI is InChI=1S/C22H21N3O2/c1-16-9-12-18(13-10-16)21-23-22(27-24-21)19-8-5-15-25(19)20(26)14-11-17-6-3-2-4-7-17/h2-4,6-7,9-14,19H,5,8,15H2,1H3/b14-11+/t19-/m0/s1. The molecule has 1 atom stereocenters. The molecule has 1 aliphatic heterocycles. The van der Waals surface area contributed by atoms with E-state index in [0.29, 0.717) is 18.3 Å². The summed E-state index contributed by atoms with van der Waals surface area (Å²) >= 11 is 0. The van der Waals surface area contributed by atoms with E-state index < -0.39 is 0 Å². The lowest BCUT2D eigenvalue weighted by Gasteiger charge is -2.20. The van der Waals surface area contributed by atoms with Crippen molar-refractivity contribution < 1.29 is 9.32 Å². The lowest BCUT2D eigenvalue weighted by atomic mass is 10.1. The van der Waals surface area contributed by atoms with Gasteiger partial charge in [0.2, 0.25) is 17.6 Å². The minimum Gasteiger partial charge on any atom is -0.337 e. The summed E-state index contributed by atoms with van der Waals surface area (Å²) in [5.41, 5.74) is 3.09. The molecule has 3 aromatic rings. The van der Waals surface area contributed by atoms with Gasteiger partial charge in [-0.1, -0.05) is 65.3 Å². The molecule has 2 heterocycles. The van der Waals surface area contributed by atoms with Gasteiger partial charge in [0.05, 0.1) is 0 Å². The van der Waals surface area contributed by atoms with Crippen molar-refractivity contribution in [2.45, 2.75) is 25.8 Å². The van der Waals surface area contributed by atoms with E-state index in [9.17, 15) is 4.79 Å². The molecule has 0 radical (unpaired) electrons. The second-order valence-electron chi connectivity index (χ2n) is 6.76. The highest BCUT2D eigenvalue weighted by molar-refractivity contribution is 5.92. The van der Waals surface area contributed by atoms with Gasteiger partial charge >= 0.3 is 0 Å². The van der Waals surface area contributed by atoms with Crippen LogP contribution in [0, 0.1) is 6.92 Å². The van der Waals surface area contributed by atoms with Gasteiger partial charge < -0.3 is 9.42 Å². The van der Waals surface area contributed by atoms with E-state index in [1.54, 1.807) is 6.08 Å². The third-order valence-electron chi connectivity index (χ3n) is 4.79. The number of hydrogen-bond acceptors (Lipinski definition) is 4. The average molecular weight is 359 g/mol. The van der Waals surface area contributed by atoms with E-state index >= 15 is 0 Å². The number of carbonyl (C=O) groups is 1.